The van der Waals surface area contributed by atoms with E-state index in [1.54, 1.807) is 35.7 Å². The Labute approximate surface area is 168 Å². The number of anilines is 1. The van der Waals surface area contributed by atoms with Gasteiger partial charge in [0.2, 0.25) is 5.91 Å². The van der Waals surface area contributed by atoms with Crippen molar-refractivity contribution in [2.24, 2.45) is 0 Å². The van der Waals surface area contributed by atoms with Gasteiger partial charge >= 0.3 is 0 Å². The third kappa shape index (κ3) is 4.82. The van der Waals surface area contributed by atoms with Crippen LogP contribution in [-0.2, 0) is 4.79 Å². The quantitative estimate of drug-likeness (QED) is 0.587. The number of amides is 2. The lowest BCUT2D eigenvalue weighted by Gasteiger charge is -2.05. The van der Waals surface area contributed by atoms with Gasteiger partial charge in [0, 0.05) is 29.5 Å². The molecule has 0 aliphatic heterocycles. The lowest BCUT2D eigenvalue weighted by Crippen LogP contribution is -2.27. The van der Waals surface area contributed by atoms with Crippen LogP contribution in [-0.4, -0.2) is 23.3 Å². The van der Waals surface area contributed by atoms with Crippen molar-refractivity contribution in [1.29, 1.82) is 0 Å². The van der Waals surface area contributed by atoms with Crippen molar-refractivity contribution in [2.75, 3.05) is 11.9 Å². The highest BCUT2D eigenvalue weighted by atomic mass is 35.5. The lowest BCUT2D eigenvalue weighted by atomic mass is 10.2. The molecule has 1 aromatic carbocycles. The molecule has 0 radical (unpaired) electrons. The fourth-order valence-electron chi connectivity index (χ4n) is 2.13. The Kier molecular flexibility index (Phi) is 6.26. The Hall–Kier alpha value is -1.93. The van der Waals surface area contributed by atoms with Crippen molar-refractivity contribution in [2.45, 2.75) is 6.42 Å². The molecule has 0 saturated carbocycles. The molecular weight excluding hydrogens is 413 g/mol. The Morgan fingerprint density at radius 1 is 1.15 bits per heavy atom. The zero-order valence-corrected chi connectivity index (χ0v) is 16.4. The summed E-state index contributed by atoms with van der Waals surface area (Å²) in [5.74, 6) is -0.437. The first-order valence-corrected chi connectivity index (χ1v) is 10.0. The summed E-state index contributed by atoms with van der Waals surface area (Å²) >= 11 is 14.6. The van der Waals surface area contributed by atoms with Gasteiger partial charge < -0.3 is 10.6 Å². The van der Waals surface area contributed by atoms with Gasteiger partial charge in [-0.3, -0.25) is 9.59 Å². The van der Waals surface area contributed by atoms with Crippen LogP contribution >= 0.6 is 45.9 Å². The lowest BCUT2D eigenvalue weighted by molar-refractivity contribution is -0.116. The van der Waals surface area contributed by atoms with Gasteiger partial charge in [-0.25, -0.2) is 4.98 Å². The molecule has 26 heavy (non-hydrogen) atoms. The van der Waals surface area contributed by atoms with E-state index in [1.807, 2.05) is 6.07 Å². The summed E-state index contributed by atoms with van der Waals surface area (Å²) in [5.41, 5.74) is 1.97. The highest BCUT2D eigenvalue weighted by molar-refractivity contribution is 7.20. The van der Waals surface area contributed by atoms with Crippen LogP contribution in [0.5, 0.6) is 0 Å². The summed E-state index contributed by atoms with van der Waals surface area (Å²) in [5, 5.41) is 7.70. The van der Waals surface area contributed by atoms with Gasteiger partial charge in [-0.05, 0) is 18.2 Å². The maximum absolute atomic E-state index is 12.0. The van der Waals surface area contributed by atoms with Gasteiger partial charge in [0.05, 0.1) is 10.0 Å². The topological polar surface area (TPSA) is 71.1 Å². The Bertz CT molecular complexity index is 925. The summed E-state index contributed by atoms with van der Waals surface area (Å²) in [4.78, 5) is 28.3. The zero-order valence-electron chi connectivity index (χ0n) is 13.3. The van der Waals surface area contributed by atoms with Crippen molar-refractivity contribution in [3.8, 4) is 11.3 Å². The fraction of sp³-hybridized carbons (Fsp3) is 0.118. The first-order chi connectivity index (χ1) is 12.5. The molecule has 3 rings (SSSR count). The van der Waals surface area contributed by atoms with Crippen molar-refractivity contribution >= 4 is 62.8 Å². The number of carbonyl (C=O) groups excluding carboxylic acids is 2. The number of aromatic nitrogens is 1. The van der Waals surface area contributed by atoms with Crippen LogP contribution < -0.4 is 10.6 Å². The predicted octanol–water partition coefficient (Wildman–Crippen LogP) is 4.94. The highest BCUT2D eigenvalue weighted by Gasteiger charge is 2.13. The molecule has 3 aromatic rings. The first-order valence-electron chi connectivity index (χ1n) is 7.57. The van der Waals surface area contributed by atoms with Gasteiger partial charge in [0.25, 0.3) is 5.91 Å². The second-order valence-corrected chi connectivity index (χ2v) is 8.34. The molecule has 0 spiro atoms. The third-order valence-electron chi connectivity index (χ3n) is 3.36. The third-order valence-corrected chi connectivity index (χ3v) is 5.60. The average Bonchev–Trinajstić information content (AvgIpc) is 3.21. The van der Waals surface area contributed by atoms with Crippen LogP contribution in [0.1, 0.15) is 16.8 Å². The van der Waals surface area contributed by atoms with Gasteiger partial charge in [0.15, 0.2) is 5.13 Å². The van der Waals surface area contributed by atoms with E-state index in [4.69, 9.17) is 23.2 Å². The van der Waals surface area contributed by atoms with E-state index in [0.717, 1.165) is 5.56 Å². The molecule has 2 N–H and O–H groups in total. The minimum Gasteiger partial charge on any atom is -0.352 e. The molecule has 2 aromatic heterocycles. The van der Waals surface area contributed by atoms with Gasteiger partial charge in [-0.15, -0.1) is 22.7 Å². The number of nitrogens with one attached hydrogen (secondary N) is 2. The number of rotatable bonds is 6. The SMILES string of the molecule is O=C(CCNC(=O)c1ccccc1)Nc1nc(-c2cc(Cl)sc2Cl)cs1. The molecule has 5 nitrogen and oxygen atoms in total. The molecule has 134 valence electrons. The van der Waals surface area contributed by atoms with Crippen LogP contribution in [0.2, 0.25) is 8.67 Å². The molecule has 0 fully saturated rings. The van der Waals surface area contributed by atoms with E-state index in [0.29, 0.717) is 25.1 Å². The van der Waals surface area contributed by atoms with Crippen LogP contribution in [0.15, 0.2) is 41.8 Å². The van der Waals surface area contributed by atoms with Crippen molar-refractivity contribution in [3.05, 3.63) is 56.0 Å². The van der Waals surface area contributed by atoms with Gasteiger partial charge in [-0.2, -0.15) is 0 Å². The molecule has 0 unspecified atom stereocenters. The summed E-state index contributed by atoms with van der Waals surface area (Å²) in [6.45, 7) is 0.240. The van der Waals surface area contributed by atoms with Crippen LogP contribution in [0.4, 0.5) is 5.13 Å². The Morgan fingerprint density at radius 2 is 1.92 bits per heavy atom. The Morgan fingerprint density at radius 3 is 2.62 bits per heavy atom. The largest absolute Gasteiger partial charge is 0.352 e. The number of hydrogen-bond acceptors (Lipinski definition) is 5. The molecule has 2 amide bonds. The maximum atomic E-state index is 12.0. The summed E-state index contributed by atoms with van der Waals surface area (Å²) < 4.78 is 1.14. The van der Waals surface area contributed by atoms with Crippen molar-refractivity contribution in [1.82, 2.24) is 10.3 Å². The summed E-state index contributed by atoms with van der Waals surface area (Å²) in [7, 11) is 0. The molecule has 0 saturated heterocycles. The van der Waals surface area contributed by atoms with Crippen molar-refractivity contribution < 1.29 is 9.59 Å². The number of thiophene rings is 1. The van der Waals surface area contributed by atoms with Crippen LogP contribution in [0.25, 0.3) is 11.3 Å². The van der Waals surface area contributed by atoms with E-state index >= 15 is 0 Å². The van der Waals surface area contributed by atoms with Gasteiger partial charge in [-0.1, -0.05) is 41.4 Å². The van der Waals surface area contributed by atoms with E-state index in [-0.39, 0.29) is 24.8 Å². The minimum atomic E-state index is -0.228. The molecule has 0 aliphatic carbocycles. The predicted molar refractivity (Wildman–Crippen MR) is 107 cm³/mol. The number of hydrogen-bond donors (Lipinski definition) is 2. The molecule has 0 atom stereocenters. The number of nitrogens with zero attached hydrogens (tertiary/aromatic N) is 1. The normalized spacial score (nSPS) is 10.5. The van der Waals surface area contributed by atoms with E-state index in [1.165, 1.54) is 22.7 Å². The van der Waals surface area contributed by atoms with Crippen LogP contribution in [0, 0.1) is 0 Å². The fourth-order valence-corrected chi connectivity index (χ4v) is 4.34. The average molecular weight is 426 g/mol. The summed E-state index contributed by atoms with van der Waals surface area (Å²) in [6.07, 6.45) is 0.151. The molecule has 2 heterocycles. The smallest absolute Gasteiger partial charge is 0.251 e. The summed E-state index contributed by atoms with van der Waals surface area (Å²) in [6, 6.07) is 10.6. The monoisotopic (exact) mass is 425 g/mol. The van der Waals surface area contributed by atoms with E-state index < -0.39 is 0 Å². The molecule has 0 aliphatic rings. The number of benzene rings is 1. The molecule has 0 bridgehead atoms. The van der Waals surface area contributed by atoms with E-state index in [9.17, 15) is 9.59 Å². The second kappa shape index (κ2) is 8.64. The maximum Gasteiger partial charge on any atom is 0.251 e. The van der Waals surface area contributed by atoms with Crippen LogP contribution in [0.3, 0.4) is 0 Å². The van der Waals surface area contributed by atoms with Gasteiger partial charge in [0.1, 0.15) is 4.34 Å². The first kappa shape index (κ1) is 18.8. The Balaban J connectivity index is 1.50. The number of carbonyl (C=O) groups is 2. The molecule has 9 heteroatoms. The minimum absolute atomic E-state index is 0.151. The zero-order chi connectivity index (χ0) is 18.5. The number of halogens is 2. The second-order valence-electron chi connectivity index (χ2n) is 5.20. The molecular formula is C17H13Cl2N3O2S2. The van der Waals surface area contributed by atoms with E-state index in [2.05, 4.69) is 15.6 Å². The highest BCUT2D eigenvalue weighted by Crippen LogP contribution is 2.38. The van der Waals surface area contributed by atoms with Crippen molar-refractivity contribution in [3.63, 3.8) is 0 Å². The number of thiazole rings is 1. The standard InChI is InChI=1S/C17H13Cl2N3O2S2/c18-13-8-11(15(19)26-13)12-9-25-17(21-12)22-14(23)6-7-20-16(24)10-4-2-1-3-5-10/h1-5,8-9H,6-7H2,(H,20,24)(H,21,22,23).